The van der Waals surface area contributed by atoms with Crippen molar-refractivity contribution in [3.63, 3.8) is 0 Å². The van der Waals surface area contributed by atoms with Gasteiger partial charge in [-0.1, -0.05) is 13.0 Å². The maximum atomic E-state index is 11.9. The lowest BCUT2D eigenvalue weighted by Gasteiger charge is -2.33. The number of nitriles is 1. The topological polar surface area (TPSA) is 59.4 Å². The summed E-state index contributed by atoms with van der Waals surface area (Å²) in [5.74, 6) is 0.00279. The first-order chi connectivity index (χ1) is 10.2. The maximum Gasteiger partial charge on any atom is 0.225 e. The number of carbonyl (C=O) groups excluding carboxylic acids is 1. The summed E-state index contributed by atoms with van der Waals surface area (Å²) in [7, 11) is 0. The van der Waals surface area contributed by atoms with Crippen LogP contribution in [0.5, 0.6) is 0 Å². The molecule has 0 spiro atoms. The second-order valence-corrected chi connectivity index (χ2v) is 5.27. The summed E-state index contributed by atoms with van der Waals surface area (Å²) in [6, 6.07) is 9.07. The molecule has 1 heterocycles. The molecule has 1 fully saturated rings. The maximum absolute atomic E-state index is 11.9. The Morgan fingerprint density at radius 2 is 2.00 bits per heavy atom. The van der Waals surface area contributed by atoms with Crippen LogP contribution in [0.3, 0.4) is 0 Å². The molecule has 21 heavy (non-hydrogen) atoms. The van der Waals surface area contributed by atoms with Gasteiger partial charge in [0.1, 0.15) is 0 Å². The van der Waals surface area contributed by atoms with Crippen LogP contribution >= 0.6 is 0 Å². The van der Waals surface area contributed by atoms with Crippen molar-refractivity contribution in [3.8, 4) is 6.07 Å². The fourth-order valence-corrected chi connectivity index (χ4v) is 2.48. The van der Waals surface area contributed by atoms with Crippen LogP contribution in [0.4, 0.5) is 5.69 Å². The zero-order chi connectivity index (χ0) is 15.1. The fraction of sp³-hybridized carbons (Fsp3) is 0.500. The number of rotatable bonds is 5. The van der Waals surface area contributed by atoms with Crippen LogP contribution in [0.1, 0.15) is 18.9 Å². The molecular weight excluding hydrogens is 264 g/mol. The summed E-state index contributed by atoms with van der Waals surface area (Å²) < 4.78 is 0. The Bertz CT molecular complexity index is 515. The summed E-state index contributed by atoms with van der Waals surface area (Å²) in [4.78, 5) is 16.7. The van der Waals surface area contributed by atoms with E-state index in [4.69, 9.17) is 5.26 Å². The summed E-state index contributed by atoms with van der Waals surface area (Å²) >= 11 is 0. The van der Waals surface area contributed by atoms with Gasteiger partial charge in [0.2, 0.25) is 5.91 Å². The fourth-order valence-electron chi connectivity index (χ4n) is 2.48. The molecule has 0 atom stereocenters. The van der Waals surface area contributed by atoms with E-state index in [1.807, 2.05) is 0 Å². The molecule has 1 aromatic rings. The smallest absolute Gasteiger partial charge is 0.225 e. The molecule has 0 unspecified atom stereocenters. The summed E-state index contributed by atoms with van der Waals surface area (Å²) in [5, 5.41) is 11.7. The molecule has 0 saturated carbocycles. The van der Waals surface area contributed by atoms with Crippen molar-refractivity contribution >= 4 is 11.6 Å². The molecule has 5 heteroatoms. The number of carbonyl (C=O) groups is 1. The third-order valence-electron chi connectivity index (χ3n) is 3.84. The monoisotopic (exact) mass is 286 g/mol. The van der Waals surface area contributed by atoms with Crippen LogP contribution in [-0.4, -0.2) is 55.0 Å². The quantitative estimate of drug-likeness (QED) is 0.891. The molecule has 112 valence electrons. The summed E-state index contributed by atoms with van der Waals surface area (Å²) in [6.45, 7) is 8.31. The average molecular weight is 286 g/mol. The van der Waals surface area contributed by atoms with Crippen molar-refractivity contribution in [3.05, 3.63) is 29.8 Å². The number of anilines is 1. The third kappa shape index (κ3) is 4.85. The second kappa shape index (κ2) is 7.77. The van der Waals surface area contributed by atoms with E-state index in [9.17, 15) is 4.79 Å². The molecule has 1 aliphatic heterocycles. The van der Waals surface area contributed by atoms with Crippen molar-refractivity contribution < 1.29 is 4.79 Å². The number of nitrogens with one attached hydrogen (secondary N) is 1. The zero-order valence-corrected chi connectivity index (χ0v) is 12.5. The summed E-state index contributed by atoms with van der Waals surface area (Å²) in [5.41, 5.74) is 1.25. The van der Waals surface area contributed by atoms with E-state index in [1.54, 1.807) is 24.3 Å². The highest BCUT2D eigenvalue weighted by atomic mass is 16.1. The highest BCUT2D eigenvalue weighted by molar-refractivity contribution is 5.90. The van der Waals surface area contributed by atoms with Gasteiger partial charge in [-0.25, -0.2) is 0 Å². The van der Waals surface area contributed by atoms with Gasteiger partial charge in [-0.15, -0.1) is 0 Å². The number of likely N-dealkylation sites (N-methyl/N-ethyl adjacent to an activating group) is 1. The minimum Gasteiger partial charge on any atom is -0.326 e. The normalized spacial score (nSPS) is 16.4. The van der Waals surface area contributed by atoms with Crippen molar-refractivity contribution in [2.24, 2.45) is 0 Å². The van der Waals surface area contributed by atoms with Gasteiger partial charge in [0, 0.05) is 44.8 Å². The standard InChI is InChI=1S/C16H22N4O/c1-2-19-8-10-20(11-9-19)7-6-16(21)18-15-5-3-4-14(12-15)13-17/h3-5,12H,2,6-11H2,1H3,(H,18,21). The van der Waals surface area contributed by atoms with Crippen LogP contribution in [-0.2, 0) is 4.79 Å². The van der Waals surface area contributed by atoms with Gasteiger partial charge in [-0.2, -0.15) is 5.26 Å². The van der Waals surface area contributed by atoms with E-state index >= 15 is 0 Å². The van der Waals surface area contributed by atoms with E-state index < -0.39 is 0 Å². The van der Waals surface area contributed by atoms with Crippen molar-refractivity contribution in [2.45, 2.75) is 13.3 Å². The number of amides is 1. The van der Waals surface area contributed by atoms with E-state index in [-0.39, 0.29) is 5.91 Å². The number of hydrogen-bond donors (Lipinski definition) is 1. The molecule has 1 aromatic carbocycles. The molecule has 1 N–H and O–H groups in total. The SMILES string of the molecule is CCN1CCN(CCC(=O)Nc2cccc(C#N)c2)CC1. The Morgan fingerprint density at radius 3 is 2.67 bits per heavy atom. The second-order valence-electron chi connectivity index (χ2n) is 5.27. The highest BCUT2D eigenvalue weighted by Crippen LogP contribution is 2.10. The van der Waals surface area contributed by atoms with Gasteiger partial charge in [0.25, 0.3) is 0 Å². The number of piperazine rings is 1. The van der Waals surface area contributed by atoms with E-state index in [0.717, 1.165) is 39.3 Å². The van der Waals surface area contributed by atoms with Crippen LogP contribution in [0.2, 0.25) is 0 Å². The van der Waals surface area contributed by atoms with Crippen LogP contribution in [0, 0.1) is 11.3 Å². The van der Waals surface area contributed by atoms with Gasteiger partial charge in [0.05, 0.1) is 11.6 Å². The lowest BCUT2D eigenvalue weighted by atomic mass is 10.2. The molecule has 0 aromatic heterocycles. The van der Waals surface area contributed by atoms with E-state index in [0.29, 0.717) is 17.7 Å². The zero-order valence-electron chi connectivity index (χ0n) is 12.5. The van der Waals surface area contributed by atoms with Gasteiger partial charge < -0.3 is 15.1 Å². The predicted molar refractivity (Wildman–Crippen MR) is 83.0 cm³/mol. The average Bonchev–Trinajstić information content (AvgIpc) is 2.53. The molecule has 1 amide bonds. The molecule has 5 nitrogen and oxygen atoms in total. The van der Waals surface area contributed by atoms with E-state index in [2.05, 4.69) is 28.1 Å². The lowest BCUT2D eigenvalue weighted by molar-refractivity contribution is -0.116. The van der Waals surface area contributed by atoms with E-state index in [1.165, 1.54) is 0 Å². The molecule has 0 aliphatic carbocycles. The van der Waals surface area contributed by atoms with Crippen molar-refractivity contribution in [2.75, 3.05) is 44.6 Å². The molecule has 0 radical (unpaired) electrons. The van der Waals surface area contributed by atoms with Crippen LogP contribution < -0.4 is 5.32 Å². The Balaban J connectivity index is 1.74. The minimum atomic E-state index is 0.00279. The Kier molecular flexibility index (Phi) is 5.73. The highest BCUT2D eigenvalue weighted by Gasteiger charge is 2.16. The minimum absolute atomic E-state index is 0.00279. The first-order valence-corrected chi connectivity index (χ1v) is 7.46. The molecule has 1 saturated heterocycles. The van der Waals surface area contributed by atoms with Gasteiger partial charge in [0.15, 0.2) is 0 Å². The van der Waals surface area contributed by atoms with Crippen molar-refractivity contribution in [1.82, 2.24) is 9.80 Å². The predicted octanol–water partition coefficient (Wildman–Crippen LogP) is 1.52. The third-order valence-corrected chi connectivity index (χ3v) is 3.84. The van der Waals surface area contributed by atoms with Crippen LogP contribution in [0.25, 0.3) is 0 Å². The molecular formula is C16H22N4O. The summed E-state index contributed by atoms with van der Waals surface area (Å²) in [6.07, 6.45) is 0.489. The Hall–Kier alpha value is -1.90. The molecule has 1 aliphatic rings. The number of benzene rings is 1. The van der Waals surface area contributed by atoms with Gasteiger partial charge in [-0.3, -0.25) is 4.79 Å². The number of nitrogens with zero attached hydrogens (tertiary/aromatic N) is 3. The van der Waals surface area contributed by atoms with Crippen LogP contribution in [0.15, 0.2) is 24.3 Å². The van der Waals surface area contributed by atoms with Gasteiger partial charge in [-0.05, 0) is 24.7 Å². The first-order valence-electron chi connectivity index (χ1n) is 7.46. The Morgan fingerprint density at radius 1 is 1.29 bits per heavy atom. The lowest BCUT2D eigenvalue weighted by Crippen LogP contribution is -2.46. The van der Waals surface area contributed by atoms with Gasteiger partial charge >= 0.3 is 0 Å². The largest absolute Gasteiger partial charge is 0.326 e. The number of hydrogen-bond acceptors (Lipinski definition) is 4. The molecule has 2 rings (SSSR count). The molecule has 0 bridgehead atoms. The Labute approximate surface area is 126 Å². The van der Waals surface area contributed by atoms with Crippen molar-refractivity contribution in [1.29, 1.82) is 5.26 Å². The first kappa shape index (κ1) is 15.5.